The summed E-state index contributed by atoms with van der Waals surface area (Å²) in [6, 6.07) is 0.125. The van der Waals surface area contributed by atoms with E-state index in [1.54, 1.807) is 0 Å². The van der Waals surface area contributed by atoms with Crippen LogP contribution in [0.5, 0.6) is 0 Å². The van der Waals surface area contributed by atoms with E-state index < -0.39 is 0 Å². The molecular weight excluding hydrogens is 254 g/mol. The molecule has 1 amide bonds. The van der Waals surface area contributed by atoms with Crippen LogP contribution in [-0.2, 0) is 9.53 Å². The molecule has 4 nitrogen and oxygen atoms in total. The molecule has 1 aliphatic heterocycles. The second kappa shape index (κ2) is 6.22. The number of carbonyl (C=O) groups excluding carboxylic acids is 1. The van der Waals surface area contributed by atoms with E-state index in [2.05, 4.69) is 5.32 Å². The van der Waals surface area contributed by atoms with Gasteiger partial charge in [0.05, 0.1) is 6.10 Å². The number of amides is 1. The third-order valence-corrected chi connectivity index (χ3v) is 4.63. The summed E-state index contributed by atoms with van der Waals surface area (Å²) in [6.07, 6.45) is 4.34. The fourth-order valence-electron chi connectivity index (χ4n) is 3.05. The summed E-state index contributed by atoms with van der Waals surface area (Å²) >= 11 is 5.59. The fraction of sp³-hybridized carbons (Fsp3) is 0.923. The summed E-state index contributed by atoms with van der Waals surface area (Å²) < 4.78 is 5.34. The highest BCUT2D eigenvalue weighted by molar-refractivity contribution is 6.17. The molecule has 2 rings (SSSR count). The van der Waals surface area contributed by atoms with Gasteiger partial charge in [0.25, 0.3) is 0 Å². The first kappa shape index (κ1) is 14.1. The second-order valence-electron chi connectivity index (χ2n) is 5.36. The molecule has 0 aromatic rings. The van der Waals surface area contributed by atoms with Crippen LogP contribution in [0.15, 0.2) is 0 Å². The van der Waals surface area contributed by atoms with Gasteiger partial charge in [0, 0.05) is 37.0 Å². The zero-order valence-corrected chi connectivity index (χ0v) is 11.4. The Labute approximate surface area is 113 Å². The molecule has 1 aliphatic carbocycles. The third-order valence-electron chi connectivity index (χ3n) is 4.36. The minimum absolute atomic E-state index is 0.0860. The normalized spacial score (nSPS) is 29.9. The molecule has 0 aromatic heterocycles. The quantitative estimate of drug-likeness (QED) is 0.590. The molecular formula is C13H22ClNO3. The van der Waals surface area contributed by atoms with Crippen molar-refractivity contribution < 1.29 is 14.6 Å². The van der Waals surface area contributed by atoms with Crippen LogP contribution in [0, 0.1) is 5.41 Å². The molecule has 1 saturated heterocycles. The maximum Gasteiger partial charge on any atom is 0.220 e. The van der Waals surface area contributed by atoms with Crippen LogP contribution in [0.4, 0.5) is 0 Å². The Kier molecular flexibility index (Phi) is 4.87. The molecule has 2 unspecified atom stereocenters. The molecule has 2 N–H and O–H groups in total. The molecule has 1 heterocycles. The third kappa shape index (κ3) is 2.81. The highest BCUT2D eigenvalue weighted by atomic mass is 35.5. The first-order chi connectivity index (χ1) is 8.69. The summed E-state index contributed by atoms with van der Waals surface area (Å²) in [6.45, 7) is 1.38. The van der Waals surface area contributed by atoms with Crippen LogP contribution in [0.2, 0.25) is 0 Å². The predicted molar refractivity (Wildman–Crippen MR) is 69.6 cm³/mol. The number of ether oxygens (including phenoxy) is 1. The predicted octanol–water partition coefficient (Wildman–Crippen LogP) is 1.44. The van der Waals surface area contributed by atoms with Gasteiger partial charge in [-0.3, -0.25) is 4.79 Å². The van der Waals surface area contributed by atoms with Crippen molar-refractivity contribution in [3.63, 3.8) is 0 Å². The Balaban J connectivity index is 1.80. The summed E-state index contributed by atoms with van der Waals surface area (Å²) in [7, 11) is 0. The number of aliphatic hydroxyl groups is 1. The van der Waals surface area contributed by atoms with Crippen LogP contribution < -0.4 is 5.32 Å². The summed E-state index contributed by atoms with van der Waals surface area (Å²) in [5.41, 5.74) is -0.125. The van der Waals surface area contributed by atoms with Gasteiger partial charge >= 0.3 is 0 Å². The standard InChI is InChI=1S/C13H22ClNO3/c14-6-2-1-3-12(17)15-10-9-11(16)13(10)4-7-18-8-5-13/h10-11,16H,1-9H2,(H,15,17). The Morgan fingerprint density at radius 3 is 2.72 bits per heavy atom. The molecule has 0 aromatic carbocycles. The number of alkyl halides is 1. The van der Waals surface area contributed by atoms with Gasteiger partial charge in [-0.2, -0.15) is 0 Å². The molecule has 2 fully saturated rings. The largest absolute Gasteiger partial charge is 0.392 e. The summed E-state index contributed by atoms with van der Waals surface area (Å²) in [5.74, 6) is 0.694. The van der Waals surface area contributed by atoms with Gasteiger partial charge in [0.15, 0.2) is 0 Å². The van der Waals surface area contributed by atoms with Crippen LogP contribution in [0.3, 0.4) is 0 Å². The number of aliphatic hydroxyl groups excluding tert-OH is 1. The highest BCUT2D eigenvalue weighted by Crippen LogP contribution is 2.48. The Morgan fingerprint density at radius 1 is 1.39 bits per heavy atom. The molecule has 104 valence electrons. The van der Waals surface area contributed by atoms with E-state index in [1.165, 1.54) is 0 Å². The first-order valence-electron chi connectivity index (χ1n) is 6.80. The maximum absolute atomic E-state index is 11.8. The second-order valence-corrected chi connectivity index (χ2v) is 5.74. The molecule has 0 bridgehead atoms. The average Bonchev–Trinajstić information content (AvgIpc) is 2.40. The van der Waals surface area contributed by atoms with Gasteiger partial charge in [-0.1, -0.05) is 0 Å². The zero-order chi connectivity index (χ0) is 13.0. The maximum atomic E-state index is 11.8. The molecule has 2 aliphatic rings. The Hall–Kier alpha value is -0.320. The first-order valence-corrected chi connectivity index (χ1v) is 7.33. The number of hydrogen-bond acceptors (Lipinski definition) is 3. The molecule has 2 atom stereocenters. The van der Waals surface area contributed by atoms with Crippen molar-refractivity contribution in [2.24, 2.45) is 5.41 Å². The van der Waals surface area contributed by atoms with Crippen molar-refractivity contribution in [3.05, 3.63) is 0 Å². The van der Waals surface area contributed by atoms with Gasteiger partial charge in [0.1, 0.15) is 0 Å². The minimum atomic E-state index is -0.283. The fourth-order valence-corrected chi connectivity index (χ4v) is 3.24. The lowest BCUT2D eigenvalue weighted by atomic mass is 9.58. The monoisotopic (exact) mass is 275 g/mol. The number of unbranched alkanes of at least 4 members (excludes halogenated alkanes) is 1. The van der Waals surface area contributed by atoms with Crippen molar-refractivity contribution >= 4 is 17.5 Å². The smallest absolute Gasteiger partial charge is 0.220 e. The van der Waals surface area contributed by atoms with Gasteiger partial charge in [0.2, 0.25) is 5.91 Å². The average molecular weight is 276 g/mol. The van der Waals surface area contributed by atoms with Crippen molar-refractivity contribution in [2.45, 2.75) is 50.7 Å². The van der Waals surface area contributed by atoms with Gasteiger partial charge < -0.3 is 15.2 Å². The lowest BCUT2D eigenvalue weighted by Crippen LogP contribution is -2.65. The number of carbonyl (C=O) groups is 1. The van der Waals surface area contributed by atoms with E-state index in [0.717, 1.165) is 25.7 Å². The van der Waals surface area contributed by atoms with Crippen molar-refractivity contribution in [1.29, 1.82) is 0 Å². The molecule has 0 radical (unpaired) electrons. The molecule has 5 heteroatoms. The van der Waals surface area contributed by atoms with Crippen molar-refractivity contribution in [3.8, 4) is 0 Å². The number of rotatable bonds is 5. The number of halogens is 1. The van der Waals surface area contributed by atoms with E-state index in [9.17, 15) is 9.90 Å². The van der Waals surface area contributed by atoms with Crippen LogP contribution in [-0.4, -0.2) is 42.3 Å². The highest BCUT2D eigenvalue weighted by Gasteiger charge is 2.55. The SMILES string of the molecule is O=C(CCCCCl)NC1CC(O)C12CCOCC2. The molecule has 1 spiro atoms. The van der Waals surface area contributed by atoms with E-state index in [1.807, 2.05) is 0 Å². The van der Waals surface area contributed by atoms with Crippen LogP contribution >= 0.6 is 11.6 Å². The van der Waals surface area contributed by atoms with Gasteiger partial charge in [-0.25, -0.2) is 0 Å². The summed E-state index contributed by atoms with van der Waals surface area (Å²) in [4.78, 5) is 11.8. The minimum Gasteiger partial charge on any atom is -0.392 e. The van der Waals surface area contributed by atoms with Gasteiger partial charge in [-0.15, -0.1) is 11.6 Å². The van der Waals surface area contributed by atoms with Crippen LogP contribution in [0.1, 0.15) is 38.5 Å². The Morgan fingerprint density at radius 2 is 2.11 bits per heavy atom. The lowest BCUT2D eigenvalue weighted by molar-refractivity contribution is -0.156. The van der Waals surface area contributed by atoms with Crippen LogP contribution in [0.25, 0.3) is 0 Å². The van der Waals surface area contributed by atoms with E-state index >= 15 is 0 Å². The van der Waals surface area contributed by atoms with E-state index in [-0.39, 0.29) is 23.5 Å². The molecule has 18 heavy (non-hydrogen) atoms. The topological polar surface area (TPSA) is 58.6 Å². The van der Waals surface area contributed by atoms with E-state index in [0.29, 0.717) is 31.9 Å². The van der Waals surface area contributed by atoms with Crippen molar-refractivity contribution in [2.75, 3.05) is 19.1 Å². The molecule has 1 saturated carbocycles. The van der Waals surface area contributed by atoms with E-state index in [4.69, 9.17) is 16.3 Å². The number of nitrogens with one attached hydrogen (secondary N) is 1. The number of hydrogen-bond donors (Lipinski definition) is 2. The van der Waals surface area contributed by atoms with Crippen molar-refractivity contribution in [1.82, 2.24) is 5.32 Å². The lowest BCUT2D eigenvalue weighted by Gasteiger charge is -2.55. The zero-order valence-electron chi connectivity index (χ0n) is 10.7. The van der Waals surface area contributed by atoms with Gasteiger partial charge in [-0.05, 0) is 32.1 Å². The Bertz CT molecular complexity index is 292. The summed E-state index contributed by atoms with van der Waals surface area (Å²) in [5, 5.41) is 13.1.